The molecule has 0 unspecified atom stereocenters. The van der Waals surface area contributed by atoms with Gasteiger partial charge in [-0.3, -0.25) is 0 Å². The summed E-state index contributed by atoms with van der Waals surface area (Å²) in [4.78, 5) is 4.23. The van der Waals surface area contributed by atoms with Gasteiger partial charge in [-0.2, -0.15) is 0 Å². The summed E-state index contributed by atoms with van der Waals surface area (Å²) >= 11 is 0. The number of methoxy groups -OCH3 is 1. The minimum absolute atomic E-state index is 0.700. The maximum Gasteiger partial charge on any atom is 0.213 e. The van der Waals surface area contributed by atoms with Crippen molar-refractivity contribution in [3.63, 3.8) is 0 Å². The van der Waals surface area contributed by atoms with Crippen molar-refractivity contribution in [1.82, 2.24) is 4.98 Å². The molecule has 0 aromatic carbocycles. The lowest BCUT2D eigenvalue weighted by Gasteiger charge is -2.05. The zero-order valence-corrected chi connectivity index (χ0v) is 7.43. The molecule has 0 radical (unpaired) electrons. The molecular weight excluding hydrogens is 138 g/mol. The summed E-state index contributed by atoms with van der Waals surface area (Å²) in [5.41, 5.74) is 3.52. The molecule has 2 heteroatoms. The predicted octanol–water partition coefficient (Wildman–Crippen LogP) is 2.02. The molecule has 1 aromatic heterocycles. The lowest BCUT2D eigenvalue weighted by molar-refractivity contribution is 0.396. The van der Waals surface area contributed by atoms with Gasteiger partial charge in [0.15, 0.2) is 0 Å². The van der Waals surface area contributed by atoms with E-state index in [1.54, 1.807) is 7.11 Å². The Balaban J connectivity index is 3.21. The van der Waals surface area contributed by atoms with E-state index in [0.717, 1.165) is 5.69 Å². The molecule has 0 saturated heterocycles. The lowest BCUT2D eigenvalue weighted by atomic mass is 10.1. The Morgan fingerprint density at radius 1 is 1.27 bits per heavy atom. The maximum absolute atomic E-state index is 5.02. The highest BCUT2D eigenvalue weighted by atomic mass is 16.5. The number of hydrogen-bond acceptors (Lipinski definition) is 2. The van der Waals surface area contributed by atoms with E-state index < -0.39 is 0 Å². The summed E-state index contributed by atoms with van der Waals surface area (Å²) in [5.74, 6) is 0.700. The van der Waals surface area contributed by atoms with Crippen LogP contribution in [0.4, 0.5) is 0 Å². The van der Waals surface area contributed by atoms with Gasteiger partial charge in [0.1, 0.15) is 0 Å². The SMILES string of the molecule is COc1cc(C)c(C)c(C)n1. The maximum atomic E-state index is 5.02. The fourth-order valence-electron chi connectivity index (χ4n) is 0.965. The first-order valence-electron chi connectivity index (χ1n) is 3.64. The minimum atomic E-state index is 0.700. The highest BCUT2D eigenvalue weighted by Gasteiger charge is 2.00. The molecule has 0 aliphatic heterocycles. The second-order valence-corrected chi connectivity index (χ2v) is 2.69. The largest absolute Gasteiger partial charge is 0.481 e. The van der Waals surface area contributed by atoms with Gasteiger partial charge in [0, 0.05) is 11.8 Å². The first-order valence-corrected chi connectivity index (χ1v) is 3.64. The molecular formula is C9H13NO. The van der Waals surface area contributed by atoms with Gasteiger partial charge in [-0.05, 0) is 31.9 Å². The molecule has 2 nitrogen and oxygen atoms in total. The van der Waals surface area contributed by atoms with Crippen molar-refractivity contribution in [2.24, 2.45) is 0 Å². The van der Waals surface area contributed by atoms with Crippen molar-refractivity contribution in [3.8, 4) is 5.88 Å². The van der Waals surface area contributed by atoms with E-state index in [-0.39, 0.29) is 0 Å². The molecule has 0 atom stereocenters. The van der Waals surface area contributed by atoms with Crippen molar-refractivity contribution >= 4 is 0 Å². The van der Waals surface area contributed by atoms with Crippen LogP contribution in [0.15, 0.2) is 6.07 Å². The van der Waals surface area contributed by atoms with Crippen LogP contribution in [-0.2, 0) is 0 Å². The zero-order valence-electron chi connectivity index (χ0n) is 7.43. The van der Waals surface area contributed by atoms with Gasteiger partial charge in [-0.1, -0.05) is 0 Å². The van der Waals surface area contributed by atoms with Crippen LogP contribution in [0.2, 0.25) is 0 Å². The Bertz CT molecular complexity index is 245. The van der Waals surface area contributed by atoms with Crippen molar-refractivity contribution < 1.29 is 4.74 Å². The van der Waals surface area contributed by atoms with Gasteiger partial charge in [-0.15, -0.1) is 0 Å². The number of rotatable bonds is 1. The predicted molar refractivity (Wildman–Crippen MR) is 45.0 cm³/mol. The molecule has 0 fully saturated rings. The third-order valence-electron chi connectivity index (χ3n) is 1.96. The Labute approximate surface area is 67.2 Å². The zero-order chi connectivity index (χ0) is 8.43. The van der Waals surface area contributed by atoms with Crippen LogP contribution in [0.5, 0.6) is 5.88 Å². The van der Waals surface area contributed by atoms with Crippen molar-refractivity contribution in [2.75, 3.05) is 7.11 Å². The van der Waals surface area contributed by atoms with E-state index in [4.69, 9.17) is 4.74 Å². The van der Waals surface area contributed by atoms with Crippen LogP contribution in [0.1, 0.15) is 16.8 Å². The minimum Gasteiger partial charge on any atom is -0.481 e. The molecule has 0 bridgehead atoms. The topological polar surface area (TPSA) is 22.1 Å². The van der Waals surface area contributed by atoms with Crippen molar-refractivity contribution in [3.05, 3.63) is 22.9 Å². The fourth-order valence-corrected chi connectivity index (χ4v) is 0.965. The highest BCUT2D eigenvalue weighted by molar-refractivity contribution is 5.32. The van der Waals surface area contributed by atoms with Gasteiger partial charge in [0.05, 0.1) is 7.11 Å². The van der Waals surface area contributed by atoms with E-state index in [1.807, 2.05) is 13.0 Å². The molecule has 1 rings (SSSR count). The lowest BCUT2D eigenvalue weighted by Crippen LogP contribution is -1.94. The summed E-state index contributed by atoms with van der Waals surface area (Å²) in [6.07, 6.45) is 0. The van der Waals surface area contributed by atoms with Crippen LogP contribution in [0.25, 0.3) is 0 Å². The van der Waals surface area contributed by atoms with E-state index in [2.05, 4.69) is 18.8 Å². The van der Waals surface area contributed by atoms with Gasteiger partial charge in [0.25, 0.3) is 0 Å². The van der Waals surface area contributed by atoms with Crippen molar-refractivity contribution in [1.29, 1.82) is 0 Å². The average molecular weight is 151 g/mol. The van der Waals surface area contributed by atoms with E-state index in [9.17, 15) is 0 Å². The van der Waals surface area contributed by atoms with Gasteiger partial charge in [0.2, 0.25) is 5.88 Å². The van der Waals surface area contributed by atoms with E-state index >= 15 is 0 Å². The number of aromatic nitrogens is 1. The summed E-state index contributed by atoms with van der Waals surface area (Å²) < 4.78 is 5.02. The summed E-state index contributed by atoms with van der Waals surface area (Å²) in [5, 5.41) is 0. The monoisotopic (exact) mass is 151 g/mol. The number of nitrogens with zero attached hydrogens (tertiary/aromatic N) is 1. The number of hydrogen-bond donors (Lipinski definition) is 0. The Hall–Kier alpha value is -1.05. The third kappa shape index (κ3) is 1.50. The smallest absolute Gasteiger partial charge is 0.213 e. The Kier molecular flexibility index (Phi) is 2.13. The molecule has 0 aliphatic carbocycles. The van der Waals surface area contributed by atoms with Gasteiger partial charge in [-0.25, -0.2) is 4.98 Å². The molecule has 1 aromatic rings. The highest BCUT2D eigenvalue weighted by Crippen LogP contribution is 2.15. The van der Waals surface area contributed by atoms with Crippen LogP contribution >= 0.6 is 0 Å². The third-order valence-corrected chi connectivity index (χ3v) is 1.96. The molecule has 1 heterocycles. The molecule has 0 amide bonds. The molecule has 0 N–H and O–H groups in total. The van der Waals surface area contributed by atoms with Gasteiger partial charge < -0.3 is 4.74 Å². The van der Waals surface area contributed by atoms with E-state index in [0.29, 0.717) is 5.88 Å². The molecule has 0 spiro atoms. The van der Waals surface area contributed by atoms with Crippen molar-refractivity contribution in [2.45, 2.75) is 20.8 Å². The first-order chi connectivity index (χ1) is 5.15. The van der Waals surface area contributed by atoms with Crippen LogP contribution in [-0.4, -0.2) is 12.1 Å². The second-order valence-electron chi connectivity index (χ2n) is 2.69. The average Bonchev–Trinajstić information content (AvgIpc) is 1.99. The Morgan fingerprint density at radius 2 is 1.91 bits per heavy atom. The van der Waals surface area contributed by atoms with E-state index in [1.165, 1.54) is 11.1 Å². The van der Waals surface area contributed by atoms with Crippen LogP contribution in [0.3, 0.4) is 0 Å². The number of pyridine rings is 1. The molecule has 0 aliphatic rings. The standard InChI is InChI=1S/C9H13NO/c1-6-5-9(11-4)10-8(3)7(6)2/h5H,1-4H3. The fraction of sp³-hybridized carbons (Fsp3) is 0.444. The summed E-state index contributed by atoms with van der Waals surface area (Å²) in [6, 6.07) is 1.95. The van der Waals surface area contributed by atoms with Crippen LogP contribution in [0, 0.1) is 20.8 Å². The van der Waals surface area contributed by atoms with Gasteiger partial charge >= 0.3 is 0 Å². The summed E-state index contributed by atoms with van der Waals surface area (Å²) in [6.45, 7) is 6.12. The molecule has 60 valence electrons. The number of aryl methyl sites for hydroxylation is 2. The van der Waals surface area contributed by atoms with Crippen LogP contribution < -0.4 is 4.74 Å². The first kappa shape index (κ1) is 8.05. The number of ether oxygens (including phenoxy) is 1. The quantitative estimate of drug-likeness (QED) is 0.612. The molecule has 0 saturated carbocycles. The summed E-state index contributed by atoms with van der Waals surface area (Å²) in [7, 11) is 1.64. The second kappa shape index (κ2) is 2.91. The normalized spacial score (nSPS) is 9.82. The molecule has 11 heavy (non-hydrogen) atoms. The Morgan fingerprint density at radius 3 is 2.36 bits per heavy atom.